The molecule has 2 saturated heterocycles. The van der Waals surface area contributed by atoms with Crippen LogP contribution < -0.4 is 0 Å². The second kappa shape index (κ2) is 7.52. The van der Waals surface area contributed by atoms with E-state index in [1.54, 1.807) is 0 Å². The maximum absolute atomic E-state index is 12.6. The zero-order chi connectivity index (χ0) is 25.7. The first-order valence-corrected chi connectivity index (χ1v) is 12.5. The van der Waals surface area contributed by atoms with E-state index in [0.29, 0.717) is 18.4 Å². The third-order valence-corrected chi connectivity index (χ3v) is 9.80. The maximum Gasteiger partial charge on any atom is 0.303 e. The van der Waals surface area contributed by atoms with Crippen molar-refractivity contribution < 1.29 is 43.5 Å². The Morgan fingerprint density at radius 1 is 1.00 bits per heavy atom. The van der Waals surface area contributed by atoms with Crippen molar-refractivity contribution in [3.63, 3.8) is 0 Å². The number of esters is 3. The largest absolute Gasteiger partial charge is 0.462 e. The summed E-state index contributed by atoms with van der Waals surface area (Å²) < 4.78 is 23.8. The highest BCUT2D eigenvalue weighted by molar-refractivity contribution is 5.68. The summed E-state index contributed by atoms with van der Waals surface area (Å²) in [5, 5.41) is 24.4. The lowest BCUT2D eigenvalue weighted by molar-refractivity contribution is -0.474. The first kappa shape index (κ1) is 24.7. The summed E-state index contributed by atoms with van der Waals surface area (Å²) in [7, 11) is 0. The molecule has 35 heavy (non-hydrogen) atoms. The Labute approximate surface area is 205 Å². The molecule has 6 rings (SSSR count). The zero-order valence-corrected chi connectivity index (χ0v) is 21.0. The van der Waals surface area contributed by atoms with E-state index in [0.717, 1.165) is 12.8 Å². The van der Waals surface area contributed by atoms with Crippen LogP contribution in [0.25, 0.3) is 0 Å². The zero-order valence-electron chi connectivity index (χ0n) is 21.0. The Bertz CT molecular complexity index is 989. The van der Waals surface area contributed by atoms with Gasteiger partial charge in [-0.1, -0.05) is 26.8 Å². The molecule has 194 valence electrons. The van der Waals surface area contributed by atoms with Crippen LogP contribution in [0.2, 0.25) is 0 Å². The Morgan fingerprint density at radius 3 is 2.23 bits per heavy atom. The van der Waals surface area contributed by atoms with Crippen molar-refractivity contribution in [2.24, 2.45) is 34.0 Å². The molecular weight excluding hydrogens is 456 g/mol. The maximum atomic E-state index is 12.6. The number of rotatable bonds is 3. The van der Waals surface area contributed by atoms with Gasteiger partial charge in [-0.05, 0) is 30.3 Å². The molecule has 4 bridgehead atoms. The van der Waals surface area contributed by atoms with Crippen LogP contribution in [0.15, 0.2) is 12.2 Å². The quantitative estimate of drug-likeness (QED) is 0.345. The van der Waals surface area contributed by atoms with Crippen LogP contribution in [0.4, 0.5) is 0 Å². The molecule has 0 aromatic heterocycles. The molecule has 6 aliphatic rings. The van der Waals surface area contributed by atoms with Gasteiger partial charge in [0.15, 0.2) is 6.10 Å². The van der Waals surface area contributed by atoms with E-state index in [2.05, 4.69) is 20.4 Å². The normalized spacial score (nSPS) is 49.0. The lowest BCUT2D eigenvalue weighted by atomic mass is 9.35. The first-order chi connectivity index (χ1) is 16.2. The van der Waals surface area contributed by atoms with Gasteiger partial charge in [0, 0.05) is 43.9 Å². The predicted octanol–water partition coefficient (Wildman–Crippen LogP) is 1.88. The van der Waals surface area contributed by atoms with Gasteiger partial charge in [0.25, 0.3) is 0 Å². The van der Waals surface area contributed by atoms with Crippen LogP contribution in [-0.2, 0) is 33.3 Å². The summed E-state index contributed by atoms with van der Waals surface area (Å²) in [6.07, 6.45) is -1.44. The van der Waals surface area contributed by atoms with Gasteiger partial charge in [-0.2, -0.15) is 0 Å². The van der Waals surface area contributed by atoms with Crippen LogP contribution in [0, 0.1) is 34.0 Å². The van der Waals surface area contributed by atoms with Gasteiger partial charge >= 0.3 is 17.9 Å². The summed E-state index contributed by atoms with van der Waals surface area (Å²) in [5.41, 5.74) is -2.24. The minimum Gasteiger partial charge on any atom is -0.462 e. The average molecular weight is 493 g/mol. The number of aliphatic hydroxyl groups excluding tert-OH is 1. The Morgan fingerprint density at radius 2 is 1.63 bits per heavy atom. The number of carbonyl (C=O) groups is 3. The first-order valence-electron chi connectivity index (χ1n) is 12.5. The van der Waals surface area contributed by atoms with Crippen LogP contribution in [0.3, 0.4) is 0 Å². The molecule has 10 atom stereocenters. The van der Waals surface area contributed by atoms with Gasteiger partial charge in [-0.15, -0.1) is 0 Å². The Balaban J connectivity index is 1.83. The van der Waals surface area contributed by atoms with Gasteiger partial charge in [0.05, 0.1) is 12.7 Å². The molecule has 4 aliphatic carbocycles. The minimum absolute atomic E-state index is 0.149. The summed E-state index contributed by atoms with van der Waals surface area (Å²) in [6.45, 7) is 12.4. The van der Waals surface area contributed by atoms with Gasteiger partial charge in [-0.25, -0.2) is 0 Å². The van der Waals surface area contributed by atoms with Crippen molar-refractivity contribution in [3.05, 3.63) is 12.2 Å². The minimum atomic E-state index is -2.19. The fourth-order valence-electron chi connectivity index (χ4n) is 9.17. The van der Waals surface area contributed by atoms with Gasteiger partial charge < -0.3 is 29.2 Å². The third-order valence-electron chi connectivity index (χ3n) is 9.80. The fourth-order valence-corrected chi connectivity index (χ4v) is 9.17. The molecule has 2 spiro atoms. The number of fused-ring (bicyclic) bond motifs is 2. The van der Waals surface area contributed by atoms with Crippen LogP contribution in [0.5, 0.6) is 0 Å². The monoisotopic (exact) mass is 492 g/mol. The van der Waals surface area contributed by atoms with E-state index >= 15 is 0 Å². The topological polar surface area (TPSA) is 129 Å². The van der Waals surface area contributed by atoms with Crippen molar-refractivity contribution in [3.8, 4) is 0 Å². The molecule has 9 nitrogen and oxygen atoms in total. The average Bonchev–Trinajstić information content (AvgIpc) is 2.84. The molecule has 2 N–H and O–H groups in total. The van der Waals surface area contributed by atoms with Gasteiger partial charge in [0.1, 0.15) is 17.6 Å². The summed E-state index contributed by atoms with van der Waals surface area (Å²) in [5.74, 6) is -5.38. The number of hydrogen-bond acceptors (Lipinski definition) is 9. The molecule has 2 aliphatic heterocycles. The fraction of sp³-hybridized carbons (Fsp3) is 0.808. The van der Waals surface area contributed by atoms with Crippen LogP contribution >= 0.6 is 0 Å². The SMILES string of the molecule is C=C1[C@@H](OC(C)=O)[C@@]23C([C@@H](OC(C)=O)C[C@@H]1[C@H]2O)[C@]12CCCC(C)(C)C1[C@H](OC(C)=O)[C@]3(O)OC2. The van der Waals surface area contributed by atoms with Crippen LogP contribution in [-0.4, -0.2) is 64.9 Å². The van der Waals surface area contributed by atoms with E-state index in [4.69, 9.17) is 18.9 Å². The summed E-state index contributed by atoms with van der Waals surface area (Å²) >= 11 is 0. The lowest BCUT2D eigenvalue weighted by Gasteiger charge is -2.75. The highest BCUT2D eigenvalue weighted by Gasteiger charge is 2.88. The number of ether oxygens (including phenoxy) is 4. The molecule has 0 radical (unpaired) electrons. The van der Waals surface area contributed by atoms with Crippen molar-refractivity contribution in [2.75, 3.05) is 6.61 Å². The molecule has 6 fully saturated rings. The molecule has 4 saturated carbocycles. The Kier molecular flexibility index (Phi) is 5.31. The molecular formula is C26H36O9. The number of hydrogen-bond donors (Lipinski definition) is 2. The lowest BCUT2D eigenvalue weighted by Crippen LogP contribution is -2.86. The van der Waals surface area contributed by atoms with E-state index in [-0.39, 0.29) is 17.9 Å². The van der Waals surface area contributed by atoms with E-state index in [1.165, 1.54) is 20.8 Å². The molecule has 0 aromatic rings. The van der Waals surface area contributed by atoms with Crippen molar-refractivity contribution in [2.45, 2.75) is 90.5 Å². The predicted molar refractivity (Wildman–Crippen MR) is 120 cm³/mol. The summed E-state index contributed by atoms with van der Waals surface area (Å²) in [6, 6.07) is 0. The van der Waals surface area contributed by atoms with E-state index in [1.807, 2.05) is 0 Å². The smallest absolute Gasteiger partial charge is 0.303 e. The highest BCUT2D eigenvalue weighted by atomic mass is 16.7. The highest BCUT2D eigenvalue weighted by Crippen LogP contribution is 2.78. The van der Waals surface area contributed by atoms with Crippen molar-refractivity contribution in [1.29, 1.82) is 0 Å². The molecule has 2 heterocycles. The molecule has 0 aromatic carbocycles. The van der Waals surface area contributed by atoms with E-state index < -0.39 is 70.8 Å². The van der Waals surface area contributed by atoms with Crippen molar-refractivity contribution in [1.82, 2.24) is 0 Å². The number of carbonyl (C=O) groups excluding carboxylic acids is 3. The van der Waals surface area contributed by atoms with Crippen molar-refractivity contribution >= 4 is 17.9 Å². The number of aliphatic hydroxyl groups is 2. The van der Waals surface area contributed by atoms with E-state index in [9.17, 15) is 24.6 Å². The second-order valence-electron chi connectivity index (χ2n) is 12.0. The molecule has 0 amide bonds. The van der Waals surface area contributed by atoms with Crippen LogP contribution in [0.1, 0.15) is 60.3 Å². The van der Waals surface area contributed by atoms with Gasteiger partial charge in [0.2, 0.25) is 5.79 Å². The Hall–Kier alpha value is -1.97. The molecule has 2 unspecified atom stereocenters. The van der Waals surface area contributed by atoms with Gasteiger partial charge in [-0.3, -0.25) is 14.4 Å². The molecule has 9 heteroatoms. The second-order valence-corrected chi connectivity index (χ2v) is 12.0. The third kappa shape index (κ3) is 2.89. The standard InChI is InChI=1S/C26H36O9/c1-12-16-10-17(33-13(2)27)18-24-9-7-8-23(5,6)19(24)22(35-15(4)29)26(31,32-11-24)25(18,20(16)30)21(12)34-14(3)28/h16-22,30-31H,1,7-11H2,2-6H3/t16-,17-,18?,19?,20+,21+,22-,24+,25+,26-/m0/s1. The summed E-state index contributed by atoms with van der Waals surface area (Å²) in [4.78, 5) is 36.9.